The van der Waals surface area contributed by atoms with E-state index in [1.807, 2.05) is 0 Å². The summed E-state index contributed by atoms with van der Waals surface area (Å²) in [7, 11) is 0. The van der Waals surface area contributed by atoms with Gasteiger partial charge in [-0.25, -0.2) is 0 Å². The van der Waals surface area contributed by atoms with E-state index in [0.717, 1.165) is 34.1 Å². The number of ether oxygens (including phenoxy) is 2. The van der Waals surface area contributed by atoms with Crippen LogP contribution in [-0.2, 0) is 21.7 Å². The zero-order valence-corrected chi connectivity index (χ0v) is 26.4. The molecule has 0 atom stereocenters. The summed E-state index contributed by atoms with van der Waals surface area (Å²) in [4.78, 5) is 0. The van der Waals surface area contributed by atoms with E-state index in [1.54, 1.807) is 0 Å². The van der Waals surface area contributed by atoms with Gasteiger partial charge in [0.15, 0.2) is 0 Å². The molecule has 0 radical (unpaired) electrons. The second kappa shape index (κ2) is 10.1. The van der Waals surface area contributed by atoms with Gasteiger partial charge in [-0.1, -0.05) is 107 Å². The predicted octanol–water partition coefficient (Wildman–Crippen LogP) is 11.1. The van der Waals surface area contributed by atoms with Crippen LogP contribution in [0.3, 0.4) is 0 Å². The molecular weight excluding hydrogens is 464 g/mol. The maximum absolute atomic E-state index is 6.86. The smallest absolute Gasteiger partial charge is 0.131 e. The van der Waals surface area contributed by atoms with Crippen LogP contribution in [-0.4, -0.2) is 0 Å². The molecule has 3 rings (SSSR count). The van der Waals surface area contributed by atoms with Crippen LogP contribution in [0.4, 0.5) is 0 Å². The molecule has 3 aromatic rings. The minimum absolute atomic E-state index is 0.0324. The molecule has 0 saturated heterocycles. The lowest BCUT2D eigenvalue weighted by Crippen LogP contribution is -2.19. The fourth-order valence-electron chi connectivity index (χ4n) is 4.81. The van der Waals surface area contributed by atoms with Crippen LogP contribution in [0, 0.1) is 13.8 Å². The summed E-state index contributed by atoms with van der Waals surface area (Å²) >= 11 is 0. The van der Waals surface area contributed by atoms with E-state index in [9.17, 15) is 0 Å². The number of hydrogen-bond donors (Lipinski definition) is 0. The van der Waals surface area contributed by atoms with Crippen LogP contribution in [0.15, 0.2) is 48.5 Å². The largest absolute Gasteiger partial charge is 0.457 e. The number of rotatable bonds is 4. The lowest BCUT2D eigenvalue weighted by molar-refractivity contribution is 0.414. The maximum Gasteiger partial charge on any atom is 0.131 e. The van der Waals surface area contributed by atoms with Crippen molar-refractivity contribution in [2.24, 2.45) is 0 Å². The maximum atomic E-state index is 6.86. The normalized spacial score (nSPS) is 13.0. The van der Waals surface area contributed by atoms with Crippen LogP contribution in [0.2, 0.25) is 0 Å². The molecule has 0 fully saturated rings. The molecule has 206 valence electrons. The van der Waals surface area contributed by atoms with Crippen molar-refractivity contribution in [1.29, 1.82) is 0 Å². The first-order chi connectivity index (χ1) is 17.2. The minimum Gasteiger partial charge on any atom is -0.457 e. The summed E-state index contributed by atoms with van der Waals surface area (Å²) in [5.74, 6) is 3.63. The molecule has 0 heterocycles. The Kier molecular flexibility index (Phi) is 7.92. The molecule has 0 bridgehead atoms. The highest BCUT2D eigenvalue weighted by Gasteiger charge is 2.29. The fourth-order valence-corrected chi connectivity index (χ4v) is 4.81. The first-order valence-corrected chi connectivity index (χ1v) is 13.9. The molecule has 0 aromatic heterocycles. The second-order valence-electron chi connectivity index (χ2n) is 15.0. The second-order valence-corrected chi connectivity index (χ2v) is 15.0. The summed E-state index contributed by atoms with van der Waals surface area (Å²) in [6, 6.07) is 17.5. The molecule has 0 N–H and O–H groups in total. The molecule has 0 aliphatic carbocycles. The molecule has 0 amide bonds. The van der Waals surface area contributed by atoms with E-state index in [0.29, 0.717) is 0 Å². The molecule has 0 saturated carbocycles. The van der Waals surface area contributed by atoms with Gasteiger partial charge >= 0.3 is 0 Å². The van der Waals surface area contributed by atoms with Crippen molar-refractivity contribution in [1.82, 2.24) is 0 Å². The minimum atomic E-state index is -0.144. The highest BCUT2D eigenvalue weighted by molar-refractivity contribution is 5.56. The zero-order chi connectivity index (χ0) is 28.8. The monoisotopic (exact) mass is 514 g/mol. The van der Waals surface area contributed by atoms with Gasteiger partial charge in [0, 0.05) is 22.3 Å². The van der Waals surface area contributed by atoms with Crippen LogP contribution in [0.5, 0.6) is 23.0 Å². The Hall–Kier alpha value is -2.74. The summed E-state index contributed by atoms with van der Waals surface area (Å²) < 4.78 is 13.7. The van der Waals surface area contributed by atoms with Gasteiger partial charge in [-0.15, -0.1) is 0 Å². The van der Waals surface area contributed by atoms with Crippen molar-refractivity contribution in [3.05, 3.63) is 81.9 Å². The summed E-state index contributed by atoms with van der Waals surface area (Å²) in [5.41, 5.74) is 6.70. The van der Waals surface area contributed by atoms with Crippen molar-refractivity contribution < 1.29 is 9.47 Å². The summed E-state index contributed by atoms with van der Waals surface area (Å²) in [6.07, 6.45) is 0. The van der Waals surface area contributed by atoms with Gasteiger partial charge in [0.1, 0.15) is 23.0 Å². The van der Waals surface area contributed by atoms with Crippen molar-refractivity contribution in [3.8, 4) is 23.0 Å². The molecule has 0 aliphatic rings. The third-order valence-corrected chi connectivity index (χ3v) is 7.03. The average Bonchev–Trinajstić information content (AvgIpc) is 2.71. The molecular formula is C36H50O2. The van der Waals surface area contributed by atoms with Gasteiger partial charge in [0.2, 0.25) is 0 Å². The van der Waals surface area contributed by atoms with E-state index < -0.39 is 0 Å². The zero-order valence-electron chi connectivity index (χ0n) is 26.4. The first kappa shape index (κ1) is 29.8. The van der Waals surface area contributed by atoms with Gasteiger partial charge in [-0.2, -0.15) is 0 Å². The van der Waals surface area contributed by atoms with E-state index in [2.05, 4.69) is 145 Å². The van der Waals surface area contributed by atoms with Crippen molar-refractivity contribution in [3.63, 3.8) is 0 Å². The third kappa shape index (κ3) is 6.82. The lowest BCUT2D eigenvalue weighted by atomic mass is 9.80. The van der Waals surface area contributed by atoms with Gasteiger partial charge in [-0.05, 0) is 70.9 Å². The lowest BCUT2D eigenvalue weighted by Gasteiger charge is -2.31. The highest BCUT2D eigenvalue weighted by Crippen LogP contribution is 2.46. The molecule has 38 heavy (non-hydrogen) atoms. The molecule has 0 spiro atoms. The Labute approximate surface area is 232 Å². The molecule has 2 nitrogen and oxygen atoms in total. The Morgan fingerprint density at radius 1 is 0.368 bits per heavy atom. The Morgan fingerprint density at radius 2 is 0.632 bits per heavy atom. The molecule has 0 unspecified atom stereocenters. The third-order valence-electron chi connectivity index (χ3n) is 7.03. The first-order valence-electron chi connectivity index (χ1n) is 13.9. The summed E-state index contributed by atoms with van der Waals surface area (Å²) in [6.45, 7) is 31.1. The molecule has 2 heteroatoms. The predicted molar refractivity (Wildman–Crippen MR) is 164 cm³/mol. The summed E-state index contributed by atoms with van der Waals surface area (Å²) in [5, 5.41) is 0. The number of hydrogen-bond acceptors (Lipinski definition) is 2. The number of benzene rings is 3. The molecule has 3 aromatic carbocycles. The standard InChI is InChI=1S/C36H50O2/c1-23-15-17-25(33(3,4)5)29(19-23)37-31-21-28(36(12,13)14)32(22-27(31)35(9,10)11)38-30-20-24(2)16-18-26(30)34(6,7)8/h15-22H,1-14H3. The average molecular weight is 515 g/mol. The van der Waals surface area contributed by atoms with Crippen LogP contribution in [0.1, 0.15) is 116 Å². The van der Waals surface area contributed by atoms with Gasteiger partial charge in [0.05, 0.1) is 0 Å². The van der Waals surface area contributed by atoms with E-state index >= 15 is 0 Å². The Morgan fingerprint density at radius 3 is 0.895 bits per heavy atom. The molecule has 0 aliphatic heterocycles. The topological polar surface area (TPSA) is 18.5 Å². The van der Waals surface area contributed by atoms with E-state index in [1.165, 1.54) is 22.3 Å². The SMILES string of the molecule is Cc1ccc(C(C)(C)C)c(Oc2cc(C(C)(C)C)c(Oc3cc(C)ccc3C(C)(C)C)cc2C(C)(C)C)c1. The number of aryl methyl sites for hydroxylation is 2. The van der Waals surface area contributed by atoms with Gasteiger partial charge in [-0.3, -0.25) is 0 Å². The Balaban J connectivity index is 2.27. The van der Waals surface area contributed by atoms with Crippen LogP contribution >= 0.6 is 0 Å². The van der Waals surface area contributed by atoms with E-state index in [-0.39, 0.29) is 21.7 Å². The van der Waals surface area contributed by atoms with Crippen LogP contribution < -0.4 is 9.47 Å². The Bertz CT molecular complexity index is 1200. The van der Waals surface area contributed by atoms with Crippen molar-refractivity contribution in [2.45, 2.75) is 119 Å². The quantitative estimate of drug-likeness (QED) is 0.345. The highest BCUT2D eigenvalue weighted by atomic mass is 16.5. The van der Waals surface area contributed by atoms with Crippen molar-refractivity contribution in [2.75, 3.05) is 0 Å². The fraction of sp³-hybridized carbons (Fsp3) is 0.500. The van der Waals surface area contributed by atoms with Gasteiger partial charge in [0.25, 0.3) is 0 Å². The van der Waals surface area contributed by atoms with E-state index in [4.69, 9.17) is 9.47 Å². The van der Waals surface area contributed by atoms with Gasteiger partial charge < -0.3 is 9.47 Å². The van der Waals surface area contributed by atoms with Crippen LogP contribution in [0.25, 0.3) is 0 Å². The van der Waals surface area contributed by atoms with Crippen molar-refractivity contribution >= 4 is 0 Å².